The second-order valence-electron chi connectivity index (χ2n) is 5.44. The van der Waals surface area contributed by atoms with Gasteiger partial charge in [-0.2, -0.15) is 0 Å². The van der Waals surface area contributed by atoms with Crippen LogP contribution in [0.25, 0.3) is 0 Å². The van der Waals surface area contributed by atoms with Crippen molar-refractivity contribution in [3.63, 3.8) is 0 Å². The van der Waals surface area contributed by atoms with Crippen LogP contribution in [-0.4, -0.2) is 23.7 Å². The lowest BCUT2D eigenvalue weighted by molar-refractivity contribution is 0.318. The van der Waals surface area contributed by atoms with Crippen LogP contribution in [0.2, 0.25) is 10.0 Å². The van der Waals surface area contributed by atoms with Gasteiger partial charge in [-0.3, -0.25) is 0 Å². The highest BCUT2D eigenvalue weighted by atomic mass is 35.5. The first-order valence-electron chi connectivity index (χ1n) is 7.65. The lowest BCUT2D eigenvalue weighted by Gasteiger charge is -2.25. The first-order chi connectivity index (χ1) is 11.9. The van der Waals surface area contributed by atoms with Crippen molar-refractivity contribution in [3.05, 3.63) is 45.7 Å². The fraction of sp³-hybridized carbons (Fsp3) is 0.235. The molecule has 0 amide bonds. The van der Waals surface area contributed by atoms with Crippen LogP contribution in [0.1, 0.15) is 19.4 Å². The highest BCUT2D eigenvalue weighted by molar-refractivity contribution is 6.42. The second-order valence-corrected chi connectivity index (χ2v) is 6.23. The highest BCUT2D eigenvalue weighted by Gasteiger charge is 2.22. The smallest absolute Gasteiger partial charge is 0.166 e. The summed E-state index contributed by atoms with van der Waals surface area (Å²) in [5.41, 5.74) is 1.44. The summed E-state index contributed by atoms with van der Waals surface area (Å²) in [6.45, 7) is 4.11. The Hall–Kier alpha value is -2.18. The van der Waals surface area contributed by atoms with Crippen LogP contribution in [0.5, 0.6) is 11.5 Å². The van der Waals surface area contributed by atoms with Crippen molar-refractivity contribution in [2.24, 2.45) is 4.99 Å². The molecule has 0 spiro atoms. The van der Waals surface area contributed by atoms with Crippen molar-refractivity contribution < 1.29 is 14.2 Å². The van der Waals surface area contributed by atoms with Gasteiger partial charge in [0, 0.05) is 11.6 Å². The zero-order valence-corrected chi connectivity index (χ0v) is 15.0. The first-order valence-corrected chi connectivity index (χ1v) is 8.41. The average Bonchev–Trinajstić information content (AvgIpc) is 2.57. The molecule has 3 N–H and O–H groups in total. The molecule has 1 aliphatic heterocycles. The van der Waals surface area contributed by atoms with Crippen molar-refractivity contribution in [2.75, 3.05) is 17.2 Å². The van der Waals surface area contributed by atoms with Gasteiger partial charge in [-0.05, 0) is 32.0 Å². The summed E-state index contributed by atoms with van der Waals surface area (Å²) in [5.74, 6) is 0.0700. The summed E-state index contributed by atoms with van der Waals surface area (Å²) in [6.07, 6.45) is -0.250. The van der Waals surface area contributed by atoms with Crippen LogP contribution >= 0.6 is 23.2 Å². The summed E-state index contributed by atoms with van der Waals surface area (Å²) in [7, 11) is 0. The van der Waals surface area contributed by atoms with Crippen LogP contribution in [0.4, 0.5) is 15.8 Å². The van der Waals surface area contributed by atoms with Crippen LogP contribution in [0.15, 0.2) is 29.3 Å². The van der Waals surface area contributed by atoms with E-state index in [4.69, 9.17) is 27.9 Å². The van der Waals surface area contributed by atoms with Gasteiger partial charge in [-0.15, -0.1) is 0 Å². The SMILES string of the molecule is CCOc1cc2c(cc1O)C(Nc1ccc(Cl)c(Cl)c1F)=NC(C)N2. The van der Waals surface area contributed by atoms with Gasteiger partial charge in [0.05, 0.1) is 28.0 Å². The molecule has 8 heteroatoms. The number of hydrogen-bond acceptors (Lipinski definition) is 5. The summed E-state index contributed by atoms with van der Waals surface area (Å²) in [4.78, 5) is 4.43. The van der Waals surface area contributed by atoms with Gasteiger partial charge in [0.15, 0.2) is 17.3 Å². The van der Waals surface area contributed by atoms with E-state index in [0.717, 1.165) is 0 Å². The van der Waals surface area contributed by atoms with Crippen molar-refractivity contribution in [1.82, 2.24) is 0 Å². The molecule has 0 aromatic heterocycles. The van der Waals surface area contributed by atoms with Crippen LogP contribution < -0.4 is 15.4 Å². The molecule has 132 valence electrons. The van der Waals surface area contributed by atoms with Gasteiger partial charge in [0.25, 0.3) is 0 Å². The maximum Gasteiger partial charge on any atom is 0.166 e. The number of phenols is 1. The Kier molecular flexibility index (Phi) is 4.92. The number of aromatic hydroxyl groups is 1. The molecule has 1 atom stereocenters. The van der Waals surface area contributed by atoms with E-state index >= 15 is 0 Å². The molecule has 3 rings (SSSR count). The summed E-state index contributed by atoms with van der Waals surface area (Å²) in [5, 5.41) is 16.2. The Balaban J connectivity index is 2.01. The third-order valence-electron chi connectivity index (χ3n) is 3.63. The van der Waals surface area contributed by atoms with Gasteiger partial charge < -0.3 is 20.5 Å². The summed E-state index contributed by atoms with van der Waals surface area (Å²) >= 11 is 11.7. The topological polar surface area (TPSA) is 65.9 Å². The average molecular weight is 384 g/mol. The summed E-state index contributed by atoms with van der Waals surface area (Å²) < 4.78 is 19.7. The molecule has 1 heterocycles. The van der Waals surface area contributed by atoms with E-state index in [-0.39, 0.29) is 27.6 Å². The molecule has 1 aliphatic rings. The lowest BCUT2D eigenvalue weighted by Crippen LogP contribution is -2.28. The molecule has 0 radical (unpaired) electrons. The Morgan fingerprint density at radius 1 is 1.36 bits per heavy atom. The predicted molar refractivity (Wildman–Crippen MR) is 98.9 cm³/mol. The number of hydrogen-bond donors (Lipinski definition) is 3. The van der Waals surface area contributed by atoms with Crippen LogP contribution in [0.3, 0.4) is 0 Å². The van der Waals surface area contributed by atoms with Gasteiger partial charge in [0.2, 0.25) is 0 Å². The van der Waals surface area contributed by atoms with Gasteiger partial charge >= 0.3 is 0 Å². The quantitative estimate of drug-likeness (QED) is 0.522. The van der Waals surface area contributed by atoms with E-state index in [2.05, 4.69) is 15.6 Å². The predicted octanol–water partition coefficient (Wildman–Crippen LogP) is 4.87. The highest BCUT2D eigenvalue weighted by Crippen LogP contribution is 2.36. The van der Waals surface area contributed by atoms with E-state index in [1.165, 1.54) is 18.2 Å². The first kappa shape index (κ1) is 17.6. The number of benzene rings is 2. The van der Waals surface area contributed by atoms with Crippen molar-refractivity contribution in [1.29, 1.82) is 0 Å². The number of aliphatic imine (C=N–C) groups is 1. The van der Waals surface area contributed by atoms with Gasteiger partial charge in [-0.25, -0.2) is 9.38 Å². The minimum Gasteiger partial charge on any atom is -0.504 e. The number of amidine groups is 1. The Morgan fingerprint density at radius 2 is 2.12 bits per heavy atom. The maximum absolute atomic E-state index is 14.3. The number of rotatable bonds is 3. The van der Waals surface area contributed by atoms with E-state index in [9.17, 15) is 9.50 Å². The van der Waals surface area contributed by atoms with Crippen LogP contribution in [-0.2, 0) is 0 Å². The van der Waals surface area contributed by atoms with Gasteiger partial charge in [-0.1, -0.05) is 23.2 Å². The molecule has 0 bridgehead atoms. The van der Waals surface area contributed by atoms with E-state index in [0.29, 0.717) is 29.4 Å². The van der Waals surface area contributed by atoms with E-state index in [1.54, 1.807) is 6.07 Å². The van der Waals surface area contributed by atoms with E-state index < -0.39 is 5.82 Å². The zero-order chi connectivity index (χ0) is 18.1. The lowest BCUT2D eigenvalue weighted by atomic mass is 10.1. The number of nitrogens with one attached hydrogen (secondary N) is 2. The van der Waals surface area contributed by atoms with Crippen molar-refractivity contribution >= 4 is 40.4 Å². The third-order valence-corrected chi connectivity index (χ3v) is 4.41. The van der Waals surface area contributed by atoms with Crippen LogP contribution in [0, 0.1) is 5.82 Å². The number of halogens is 3. The molecule has 0 saturated carbocycles. The standard InChI is InChI=1S/C17H16Cl2FN3O2/c1-3-25-14-7-12-9(6-13(14)24)17(22-8(2)21-12)23-11-5-4-10(18)15(19)16(11)20/h4-8,21,24H,3H2,1-2H3,(H,22,23). The van der Waals surface area contributed by atoms with E-state index in [1.807, 2.05) is 13.8 Å². The third kappa shape index (κ3) is 3.45. The Labute approximate surface area is 154 Å². The molecule has 2 aromatic carbocycles. The van der Waals surface area contributed by atoms with Crippen molar-refractivity contribution in [3.8, 4) is 11.5 Å². The molecule has 25 heavy (non-hydrogen) atoms. The maximum atomic E-state index is 14.3. The summed E-state index contributed by atoms with van der Waals surface area (Å²) in [6, 6.07) is 6.18. The fourth-order valence-electron chi connectivity index (χ4n) is 2.52. The molecular formula is C17H16Cl2FN3O2. The minimum atomic E-state index is -0.667. The molecule has 1 unspecified atom stereocenters. The molecule has 2 aromatic rings. The number of anilines is 2. The van der Waals surface area contributed by atoms with Gasteiger partial charge in [0.1, 0.15) is 12.0 Å². The minimum absolute atomic E-state index is 0.0268. The fourth-order valence-corrected chi connectivity index (χ4v) is 2.84. The zero-order valence-electron chi connectivity index (χ0n) is 13.5. The Morgan fingerprint density at radius 3 is 2.84 bits per heavy atom. The molecule has 0 aliphatic carbocycles. The molecule has 0 fully saturated rings. The number of nitrogens with zero attached hydrogens (tertiary/aromatic N) is 1. The number of phenolic OH excluding ortho intramolecular Hbond substituents is 1. The molecule has 5 nitrogen and oxygen atoms in total. The number of ether oxygens (including phenoxy) is 1. The van der Waals surface area contributed by atoms with Crippen molar-refractivity contribution in [2.45, 2.75) is 20.0 Å². The second kappa shape index (κ2) is 6.98. The Bertz CT molecular complexity index is 858. The molecular weight excluding hydrogens is 368 g/mol. The largest absolute Gasteiger partial charge is 0.504 e. The molecule has 0 saturated heterocycles. The normalized spacial score (nSPS) is 15.9. The number of fused-ring (bicyclic) bond motifs is 1. The monoisotopic (exact) mass is 383 g/mol.